The zero-order valence-electron chi connectivity index (χ0n) is 21.8. The van der Waals surface area contributed by atoms with Crippen LogP contribution in [0.2, 0.25) is 0 Å². The first kappa shape index (κ1) is 35.6. The highest BCUT2D eigenvalue weighted by molar-refractivity contribution is 5.95. The first-order valence-corrected chi connectivity index (χ1v) is 11.6. The smallest absolute Gasteiger partial charge is 0.490 e. The maximum atomic E-state index is 12.3. The normalized spacial score (nSPS) is 10.8. The number of alkyl halides is 6. The van der Waals surface area contributed by atoms with Gasteiger partial charge in [0.05, 0.1) is 6.54 Å². The third-order valence-electron chi connectivity index (χ3n) is 4.63. The number of hydrogen-bond acceptors (Lipinski definition) is 6. The molecule has 0 aliphatic heterocycles. The molecule has 0 unspecified atom stereocenters. The van der Waals surface area contributed by atoms with Gasteiger partial charge >= 0.3 is 24.3 Å². The maximum absolute atomic E-state index is 12.3. The van der Waals surface area contributed by atoms with Crippen molar-refractivity contribution < 1.29 is 55.7 Å². The highest BCUT2D eigenvalue weighted by Gasteiger charge is 2.38. The lowest BCUT2D eigenvalue weighted by atomic mass is 10.1. The molecule has 230 valence electrons. The van der Waals surface area contributed by atoms with E-state index in [9.17, 15) is 31.1 Å². The number of pyridine rings is 1. The van der Waals surface area contributed by atoms with Gasteiger partial charge in [-0.3, -0.25) is 15.2 Å². The second-order valence-electron chi connectivity index (χ2n) is 7.89. The monoisotopic (exact) mass is 614 g/mol. The van der Waals surface area contributed by atoms with Crippen molar-refractivity contribution in [3.8, 4) is 5.75 Å². The van der Waals surface area contributed by atoms with E-state index in [4.69, 9.17) is 35.7 Å². The maximum Gasteiger partial charge on any atom is 0.490 e. The Bertz CT molecular complexity index is 1370. The highest BCUT2D eigenvalue weighted by atomic mass is 19.4. The van der Waals surface area contributed by atoms with E-state index in [-0.39, 0.29) is 11.7 Å². The van der Waals surface area contributed by atoms with Crippen molar-refractivity contribution in [1.82, 2.24) is 10.3 Å². The average molecular weight is 614 g/mol. The molecule has 0 atom stereocenters. The van der Waals surface area contributed by atoms with Crippen molar-refractivity contribution in [2.75, 3.05) is 13.2 Å². The van der Waals surface area contributed by atoms with Crippen molar-refractivity contribution in [3.05, 3.63) is 95.3 Å². The number of nitrogen functional groups attached to an aromatic ring is 1. The summed E-state index contributed by atoms with van der Waals surface area (Å²) in [7, 11) is 0. The number of amides is 1. The SMILES string of the molecule is N=C(N)c1cccc(OCCNC(=O)c2ccc(/C=C/c3ccncc3)cc2)c1.O=C(O)C(F)(F)F.O=C(O)C(F)(F)F. The Morgan fingerprint density at radius 1 is 0.837 bits per heavy atom. The first-order valence-electron chi connectivity index (χ1n) is 11.6. The van der Waals surface area contributed by atoms with E-state index in [0.717, 1.165) is 11.1 Å². The average Bonchev–Trinajstić information content (AvgIpc) is 2.95. The summed E-state index contributed by atoms with van der Waals surface area (Å²) < 4.78 is 69.1. The minimum atomic E-state index is -5.08. The highest BCUT2D eigenvalue weighted by Crippen LogP contribution is 2.14. The first-order chi connectivity index (χ1) is 20.0. The molecule has 3 rings (SSSR count). The zero-order valence-corrected chi connectivity index (χ0v) is 21.8. The molecule has 43 heavy (non-hydrogen) atoms. The summed E-state index contributed by atoms with van der Waals surface area (Å²) in [6.07, 6.45) is -2.69. The number of carboxylic acid groups (broad SMARTS) is 2. The Labute approximate surface area is 239 Å². The van der Waals surface area contributed by atoms with E-state index in [1.54, 1.807) is 48.8 Å². The van der Waals surface area contributed by atoms with E-state index in [2.05, 4.69) is 10.3 Å². The van der Waals surface area contributed by atoms with Crippen LogP contribution in [0.5, 0.6) is 5.75 Å². The third kappa shape index (κ3) is 14.7. The number of benzene rings is 2. The van der Waals surface area contributed by atoms with Crippen LogP contribution in [0, 0.1) is 5.41 Å². The number of carbonyl (C=O) groups excluding carboxylic acids is 1. The number of hydrogen-bond donors (Lipinski definition) is 5. The number of ether oxygens (including phenoxy) is 1. The van der Waals surface area contributed by atoms with Crippen LogP contribution in [0.3, 0.4) is 0 Å². The second kappa shape index (κ2) is 16.8. The van der Waals surface area contributed by atoms with Gasteiger partial charge in [0.15, 0.2) is 0 Å². The van der Waals surface area contributed by atoms with Gasteiger partial charge in [0, 0.05) is 23.5 Å². The Morgan fingerprint density at radius 3 is 1.79 bits per heavy atom. The van der Waals surface area contributed by atoms with Gasteiger partial charge in [0.1, 0.15) is 18.2 Å². The van der Waals surface area contributed by atoms with E-state index >= 15 is 0 Å². The lowest BCUT2D eigenvalue weighted by Crippen LogP contribution is -2.28. The molecule has 6 N–H and O–H groups in total. The summed E-state index contributed by atoms with van der Waals surface area (Å²) in [6, 6.07) is 18.2. The van der Waals surface area contributed by atoms with Crippen LogP contribution in [0.25, 0.3) is 12.2 Å². The topological polar surface area (TPSA) is 176 Å². The van der Waals surface area contributed by atoms with Gasteiger partial charge in [-0.05, 0) is 47.5 Å². The second-order valence-corrected chi connectivity index (χ2v) is 7.89. The van der Waals surface area contributed by atoms with Gasteiger partial charge in [0.2, 0.25) is 0 Å². The van der Waals surface area contributed by atoms with Gasteiger partial charge in [-0.1, -0.05) is 36.4 Å². The lowest BCUT2D eigenvalue weighted by molar-refractivity contribution is -0.193. The number of halogens is 6. The number of aliphatic carboxylic acids is 2. The van der Waals surface area contributed by atoms with Crippen molar-refractivity contribution in [2.24, 2.45) is 5.73 Å². The number of rotatable bonds is 8. The summed E-state index contributed by atoms with van der Waals surface area (Å²) in [6.45, 7) is 0.687. The summed E-state index contributed by atoms with van der Waals surface area (Å²) >= 11 is 0. The fraction of sp³-hybridized carbons (Fsp3) is 0.148. The summed E-state index contributed by atoms with van der Waals surface area (Å²) in [5, 5.41) is 24.5. The number of nitrogens with two attached hydrogens (primary N) is 1. The fourth-order valence-corrected chi connectivity index (χ4v) is 2.60. The number of carbonyl (C=O) groups is 3. The van der Waals surface area contributed by atoms with Crippen molar-refractivity contribution in [2.45, 2.75) is 12.4 Å². The van der Waals surface area contributed by atoms with Crippen LogP contribution in [0.1, 0.15) is 27.0 Å². The predicted octanol–water partition coefficient (Wildman–Crippen LogP) is 4.61. The van der Waals surface area contributed by atoms with E-state index in [1.807, 2.05) is 36.4 Å². The Kier molecular flexibility index (Phi) is 13.9. The molecule has 16 heteroatoms. The van der Waals surface area contributed by atoms with Crippen LogP contribution in [0.4, 0.5) is 26.3 Å². The van der Waals surface area contributed by atoms with Crippen LogP contribution in [-0.4, -0.2) is 64.4 Å². The van der Waals surface area contributed by atoms with E-state index in [1.165, 1.54) is 0 Å². The summed E-state index contributed by atoms with van der Waals surface area (Å²) in [5.41, 5.74) is 8.73. The molecule has 0 aliphatic carbocycles. The quantitative estimate of drug-likeness (QED) is 0.106. The van der Waals surface area contributed by atoms with E-state index < -0.39 is 24.3 Å². The van der Waals surface area contributed by atoms with Crippen LogP contribution in [0.15, 0.2) is 73.1 Å². The van der Waals surface area contributed by atoms with Crippen LogP contribution >= 0.6 is 0 Å². The molecule has 1 heterocycles. The largest absolute Gasteiger partial charge is 0.492 e. The molecule has 10 nitrogen and oxygen atoms in total. The molecule has 0 saturated carbocycles. The van der Waals surface area contributed by atoms with Gasteiger partial charge in [-0.25, -0.2) is 9.59 Å². The van der Waals surface area contributed by atoms with Crippen molar-refractivity contribution in [3.63, 3.8) is 0 Å². The Balaban J connectivity index is 0.000000548. The van der Waals surface area contributed by atoms with Crippen molar-refractivity contribution in [1.29, 1.82) is 5.41 Å². The Morgan fingerprint density at radius 2 is 1.33 bits per heavy atom. The van der Waals surface area contributed by atoms with Crippen LogP contribution in [-0.2, 0) is 9.59 Å². The number of nitrogens with one attached hydrogen (secondary N) is 2. The van der Waals surface area contributed by atoms with E-state index in [0.29, 0.717) is 30.0 Å². The fourth-order valence-electron chi connectivity index (χ4n) is 2.60. The van der Waals surface area contributed by atoms with Gasteiger partial charge in [-0.15, -0.1) is 0 Å². The number of aromatic nitrogens is 1. The molecule has 0 spiro atoms. The molecule has 2 aromatic carbocycles. The van der Waals surface area contributed by atoms with Gasteiger partial charge < -0.3 is 26.0 Å². The lowest BCUT2D eigenvalue weighted by Gasteiger charge is -2.09. The minimum Gasteiger partial charge on any atom is -0.492 e. The molecule has 0 fully saturated rings. The molecule has 0 aliphatic rings. The number of nitrogens with zero attached hydrogens (tertiary/aromatic N) is 1. The van der Waals surface area contributed by atoms with Gasteiger partial charge in [-0.2, -0.15) is 26.3 Å². The molecule has 0 saturated heterocycles. The molecule has 0 bridgehead atoms. The number of amidine groups is 1. The van der Waals surface area contributed by atoms with Crippen LogP contribution < -0.4 is 15.8 Å². The molecule has 0 radical (unpaired) electrons. The summed E-state index contributed by atoms with van der Waals surface area (Å²) in [4.78, 5) is 34.0. The molecule has 1 amide bonds. The van der Waals surface area contributed by atoms with Crippen molar-refractivity contribution >= 4 is 35.8 Å². The zero-order chi connectivity index (χ0) is 32.6. The summed E-state index contributed by atoms with van der Waals surface area (Å²) in [5.74, 6) is -5.07. The molecular formula is C27H24F6N4O6. The molecular weight excluding hydrogens is 590 g/mol. The third-order valence-corrected chi connectivity index (χ3v) is 4.63. The minimum absolute atomic E-state index is 0.0113. The molecule has 3 aromatic rings. The predicted molar refractivity (Wildman–Crippen MR) is 142 cm³/mol. The molecule has 1 aromatic heterocycles. The number of carboxylic acids is 2. The van der Waals surface area contributed by atoms with Gasteiger partial charge in [0.25, 0.3) is 5.91 Å². The Hall–Kier alpha value is -5.41. The standard InChI is InChI=1S/C23H22N4O2.2C2HF3O2/c24-22(25)20-2-1-3-21(16-20)29-15-14-27-23(28)19-8-6-17(7-9-19)4-5-18-10-12-26-13-11-18;2*3-2(4,5)1(6)7/h1-13,16H,14-15H2,(H3,24,25)(H,27,28);2*(H,6,7)/b5-4+;;.